The molecule has 0 spiro atoms. The van der Waals surface area contributed by atoms with Gasteiger partial charge in [0.2, 0.25) is 0 Å². The molecule has 0 aromatic carbocycles. The molecule has 0 aliphatic carbocycles. The highest BCUT2D eigenvalue weighted by Gasteiger charge is 2.02. The van der Waals surface area contributed by atoms with Gasteiger partial charge >= 0.3 is 0 Å². The van der Waals surface area contributed by atoms with Crippen LogP contribution in [0.3, 0.4) is 0 Å². The van der Waals surface area contributed by atoms with Crippen LogP contribution in [0.25, 0.3) is 0 Å². The van der Waals surface area contributed by atoms with Gasteiger partial charge in [0, 0.05) is 0 Å². The highest BCUT2D eigenvalue weighted by Crippen LogP contribution is 2.19. The molecule has 0 amide bonds. The molecule has 0 saturated carbocycles. The Kier molecular flexibility index (Phi) is 28.0. The monoisotopic (exact) mass is 437 g/mol. The summed E-state index contributed by atoms with van der Waals surface area (Å²) in [5.74, 6) is 0.970. The van der Waals surface area contributed by atoms with E-state index in [0.29, 0.717) is 0 Å². The molecule has 0 aliphatic rings. The summed E-state index contributed by atoms with van der Waals surface area (Å²) in [6, 6.07) is 0. The first-order valence-corrected chi connectivity index (χ1v) is 15.3. The lowest BCUT2D eigenvalue weighted by atomic mass is 9.96. The summed E-state index contributed by atoms with van der Waals surface area (Å²) in [5, 5.41) is 0. The van der Waals surface area contributed by atoms with E-state index in [9.17, 15) is 0 Å². The van der Waals surface area contributed by atoms with Gasteiger partial charge in [0.05, 0.1) is 0 Å². The predicted molar refractivity (Wildman–Crippen MR) is 145 cm³/mol. The van der Waals surface area contributed by atoms with Crippen molar-refractivity contribution in [2.24, 2.45) is 5.92 Å². The Morgan fingerprint density at radius 1 is 0.290 bits per heavy atom. The molecule has 0 bridgehead atoms. The van der Waals surface area contributed by atoms with Crippen LogP contribution in [-0.4, -0.2) is 0 Å². The van der Waals surface area contributed by atoms with Gasteiger partial charge in [-0.2, -0.15) is 0 Å². The van der Waals surface area contributed by atoms with Crippen LogP contribution in [-0.2, 0) is 0 Å². The van der Waals surface area contributed by atoms with Crippen molar-refractivity contribution < 1.29 is 0 Å². The average molecular weight is 437 g/mol. The minimum atomic E-state index is 0.970. The fraction of sp³-hybridized carbons (Fsp3) is 1.00. The summed E-state index contributed by atoms with van der Waals surface area (Å²) in [6.45, 7) is 7.09. The Hall–Kier alpha value is 0. The number of hydrogen-bond donors (Lipinski definition) is 0. The molecule has 0 nitrogen and oxygen atoms in total. The summed E-state index contributed by atoms with van der Waals surface area (Å²) in [7, 11) is 0. The van der Waals surface area contributed by atoms with Gasteiger partial charge in [-0.3, -0.25) is 0 Å². The molecule has 1 unspecified atom stereocenters. The molecule has 0 fully saturated rings. The van der Waals surface area contributed by atoms with Crippen LogP contribution in [0.5, 0.6) is 0 Å². The Balaban J connectivity index is 3.06. The van der Waals surface area contributed by atoms with E-state index in [2.05, 4.69) is 20.8 Å². The molecule has 0 heteroatoms. The summed E-state index contributed by atoms with van der Waals surface area (Å²) >= 11 is 0. The third kappa shape index (κ3) is 28.0. The summed E-state index contributed by atoms with van der Waals surface area (Å²) in [6.07, 6.45) is 39.8. The maximum atomic E-state index is 2.47. The van der Waals surface area contributed by atoms with Gasteiger partial charge in [-0.1, -0.05) is 194 Å². The minimum absolute atomic E-state index is 0.970. The standard InChI is InChI=1S/C31H64/c1-4-6-8-10-11-12-13-14-15-16-17-18-19-20-21-22-23-24-25-26-28-30-31(3)29-27-9-7-5-2/h31H,4-30H2,1-3H3. The molecule has 0 heterocycles. The lowest BCUT2D eigenvalue weighted by Crippen LogP contribution is -1.95. The minimum Gasteiger partial charge on any atom is -0.0654 e. The molecule has 0 rings (SSSR count). The summed E-state index contributed by atoms with van der Waals surface area (Å²) < 4.78 is 0. The van der Waals surface area contributed by atoms with Crippen LogP contribution in [0.4, 0.5) is 0 Å². The SMILES string of the molecule is CCCCCCCCCCCCCCCCCCCCCCCC(C)CCCCCC. The lowest BCUT2D eigenvalue weighted by molar-refractivity contribution is 0.433. The second-order valence-electron chi connectivity index (χ2n) is 10.8. The normalized spacial score (nSPS) is 12.5. The number of rotatable bonds is 27. The van der Waals surface area contributed by atoms with Crippen molar-refractivity contribution in [1.29, 1.82) is 0 Å². The van der Waals surface area contributed by atoms with Crippen molar-refractivity contribution >= 4 is 0 Å². The highest BCUT2D eigenvalue weighted by molar-refractivity contribution is 4.56. The second kappa shape index (κ2) is 28.0. The largest absolute Gasteiger partial charge is 0.0654 e. The third-order valence-corrected chi connectivity index (χ3v) is 7.35. The van der Waals surface area contributed by atoms with E-state index in [1.807, 2.05) is 0 Å². The van der Waals surface area contributed by atoms with Gasteiger partial charge in [0.25, 0.3) is 0 Å². The second-order valence-corrected chi connectivity index (χ2v) is 10.8. The fourth-order valence-corrected chi connectivity index (χ4v) is 4.99. The van der Waals surface area contributed by atoms with Crippen LogP contribution >= 0.6 is 0 Å². The van der Waals surface area contributed by atoms with Crippen molar-refractivity contribution in [2.45, 2.75) is 194 Å². The van der Waals surface area contributed by atoms with Crippen LogP contribution in [0.2, 0.25) is 0 Å². The predicted octanol–water partition coefficient (Wildman–Crippen LogP) is 12.2. The quantitative estimate of drug-likeness (QED) is 0.112. The molecule has 0 aromatic rings. The topological polar surface area (TPSA) is 0 Å². The number of unbranched alkanes of at least 4 members (excludes halogenated alkanes) is 23. The van der Waals surface area contributed by atoms with Gasteiger partial charge in [-0.25, -0.2) is 0 Å². The van der Waals surface area contributed by atoms with E-state index in [4.69, 9.17) is 0 Å². The Morgan fingerprint density at radius 2 is 0.484 bits per heavy atom. The first kappa shape index (κ1) is 31.0. The van der Waals surface area contributed by atoms with Crippen LogP contribution < -0.4 is 0 Å². The highest BCUT2D eigenvalue weighted by atomic mass is 14.1. The van der Waals surface area contributed by atoms with Crippen molar-refractivity contribution in [3.8, 4) is 0 Å². The van der Waals surface area contributed by atoms with E-state index in [0.717, 1.165) is 5.92 Å². The van der Waals surface area contributed by atoms with Gasteiger partial charge in [0.15, 0.2) is 0 Å². The third-order valence-electron chi connectivity index (χ3n) is 7.35. The molecule has 0 aliphatic heterocycles. The van der Waals surface area contributed by atoms with E-state index < -0.39 is 0 Å². The zero-order valence-corrected chi connectivity index (χ0v) is 22.7. The lowest BCUT2D eigenvalue weighted by Gasteiger charge is -2.10. The maximum absolute atomic E-state index is 2.47. The van der Waals surface area contributed by atoms with Crippen LogP contribution in [0.1, 0.15) is 194 Å². The van der Waals surface area contributed by atoms with Crippen molar-refractivity contribution in [2.75, 3.05) is 0 Å². The molecule has 0 N–H and O–H groups in total. The van der Waals surface area contributed by atoms with Crippen molar-refractivity contribution in [1.82, 2.24) is 0 Å². The molecule has 188 valence electrons. The van der Waals surface area contributed by atoms with Gasteiger partial charge in [-0.15, -0.1) is 0 Å². The first-order valence-electron chi connectivity index (χ1n) is 15.3. The smallest absolute Gasteiger partial charge is 0.0443 e. The van der Waals surface area contributed by atoms with Crippen LogP contribution in [0.15, 0.2) is 0 Å². The number of hydrogen-bond acceptors (Lipinski definition) is 0. The molecule has 0 saturated heterocycles. The zero-order chi connectivity index (χ0) is 22.7. The van der Waals surface area contributed by atoms with E-state index in [1.165, 1.54) is 173 Å². The van der Waals surface area contributed by atoms with Crippen LogP contribution in [0, 0.1) is 5.92 Å². The fourth-order valence-electron chi connectivity index (χ4n) is 4.99. The van der Waals surface area contributed by atoms with E-state index in [1.54, 1.807) is 0 Å². The summed E-state index contributed by atoms with van der Waals surface area (Å²) in [5.41, 5.74) is 0. The Labute approximate surface area is 200 Å². The summed E-state index contributed by atoms with van der Waals surface area (Å²) in [4.78, 5) is 0. The molecule has 0 radical (unpaired) electrons. The van der Waals surface area contributed by atoms with Crippen molar-refractivity contribution in [3.05, 3.63) is 0 Å². The van der Waals surface area contributed by atoms with Gasteiger partial charge < -0.3 is 0 Å². The molecule has 1 atom stereocenters. The van der Waals surface area contributed by atoms with E-state index >= 15 is 0 Å². The first-order chi connectivity index (χ1) is 15.3. The molecular weight excluding hydrogens is 372 g/mol. The van der Waals surface area contributed by atoms with Crippen molar-refractivity contribution in [3.63, 3.8) is 0 Å². The molecule has 0 aromatic heterocycles. The Morgan fingerprint density at radius 3 is 0.742 bits per heavy atom. The van der Waals surface area contributed by atoms with E-state index in [-0.39, 0.29) is 0 Å². The zero-order valence-electron chi connectivity index (χ0n) is 22.7. The molecular formula is C31H64. The Bertz CT molecular complexity index is 294. The maximum Gasteiger partial charge on any atom is -0.0443 e. The average Bonchev–Trinajstić information content (AvgIpc) is 2.77. The van der Waals surface area contributed by atoms with Gasteiger partial charge in [0.1, 0.15) is 0 Å². The molecule has 31 heavy (non-hydrogen) atoms. The van der Waals surface area contributed by atoms with Gasteiger partial charge in [-0.05, 0) is 5.92 Å².